The van der Waals surface area contributed by atoms with E-state index in [2.05, 4.69) is 18.8 Å². The number of likely N-dealkylation sites (N-methyl/N-ethyl adjacent to an activating group) is 1. The molecule has 0 radical (unpaired) electrons. The van der Waals surface area contributed by atoms with Gasteiger partial charge in [-0.1, -0.05) is 44.9 Å². The molecule has 1 aliphatic rings. The van der Waals surface area contributed by atoms with E-state index in [4.69, 9.17) is 0 Å². The van der Waals surface area contributed by atoms with Crippen LogP contribution in [0.15, 0.2) is 30.3 Å². The largest absolute Gasteiger partial charge is 0.388 e. The Morgan fingerprint density at radius 1 is 1.29 bits per heavy atom. The number of aliphatic hydroxyl groups is 1. The van der Waals surface area contributed by atoms with Crippen LogP contribution in [0.4, 0.5) is 0 Å². The van der Waals surface area contributed by atoms with Crippen LogP contribution in [-0.4, -0.2) is 40.1 Å². The average Bonchev–Trinajstić information content (AvgIpc) is 2.99. The number of aromatic nitrogens is 1. The second-order valence-electron chi connectivity index (χ2n) is 7.36. The van der Waals surface area contributed by atoms with Crippen molar-refractivity contribution < 1.29 is 9.90 Å². The van der Waals surface area contributed by atoms with Crippen LogP contribution in [0, 0.1) is 0 Å². The monoisotopic (exact) mass is 326 g/mol. The molecule has 1 aliphatic carbocycles. The van der Waals surface area contributed by atoms with E-state index in [-0.39, 0.29) is 11.8 Å². The van der Waals surface area contributed by atoms with Crippen molar-refractivity contribution in [2.24, 2.45) is 0 Å². The predicted molar refractivity (Wildman–Crippen MR) is 96.2 cm³/mol. The van der Waals surface area contributed by atoms with Crippen molar-refractivity contribution >= 4 is 16.8 Å². The zero-order valence-electron chi connectivity index (χ0n) is 14.7. The van der Waals surface area contributed by atoms with E-state index in [9.17, 15) is 9.90 Å². The Balaban J connectivity index is 1.96. The van der Waals surface area contributed by atoms with Crippen LogP contribution in [0.25, 0.3) is 10.9 Å². The first-order chi connectivity index (χ1) is 11.4. The molecule has 4 nitrogen and oxygen atoms in total. The van der Waals surface area contributed by atoms with Crippen molar-refractivity contribution in [3.63, 3.8) is 0 Å². The van der Waals surface area contributed by atoms with Crippen LogP contribution < -0.4 is 0 Å². The third-order valence-electron chi connectivity index (χ3n) is 4.97. The standard InChI is InChI=1S/C20H26N2O2/c1-14(2)18-12-16(15-8-4-5-9-17(15)21-18)19(23)22(3)13-20(24)10-6-7-11-20/h4-5,8-9,12,14,24H,6-7,10-11,13H2,1-3H3. The third kappa shape index (κ3) is 3.29. The molecule has 1 fully saturated rings. The number of hydrogen-bond acceptors (Lipinski definition) is 3. The van der Waals surface area contributed by atoms with Gasteiger partial charge in [-0.15, -0.1) is 0 Å². The van der Waals surface area contributed by atoms with Crippen LogP contribution in [0.2, 0.25) is 0 Å². The Hall–Kier alpha value is -1.94. The lowest BCUT2D eigenvalue weighted by atomic mass is 9.99. The summed E-state index contributed by atoms with van der Waals surface area (Å²) in [7, 11) is 1.78. The summed E-state index contributed by atoms with van der Waals surface area (Å²) in [5.74, 6) is 0.210. The fraction of sp³-hybridized carbons (Fsp3) is 0.500. The molecule has 2 aromatic rings. The molecular weight excluding hydrogens is 300 g/mol. The minimum absolute atomic E-state index is 0.0455. The third-order valence-corrected chi connectivity index (χ3v) is 4.97. The van der Waals surface area contributed by atoms with Gasteiger partial charge in [0.15, 0.2) is 0 Å². The van der Waals surface area contributed by atoms with Gasteiger partial charge in [0.05, 0.1) is 16.7 Å². The van der Waals surface area contributed by atoms with E-state index in [0.717, 1.165) is 42.3 Å². The van der Waals surface area contributed by atoms with Gasteiger partial charge in [-0.2, -0.15) is 0 Å². The fourth-order valence-corrected chi connectivity index (χ4v) is 3.58. The summed E-state index contributed by atoms with van der Waals surface area (Å²) in [6.07, 6.45) is 3.63. The van der Waals surface area contributed by atoms with E-state index in [1.165, 1.54) is 0 Å². The number of para-hydroxylation sites is 1. The lowest BCUT2D eigenvalue weighted by Gasteiger charge is -2.29. The quantitative estimate of drug-likeness (QED) is 0.931. The summed E-state index contributed by atoms with van der Waals surface area (Å²) >= 11 is 0. The number of rotatable bonds is 4. The first kappa shape index (κ1) is 16.9. The number of carbonyl (C=O) groups excluding carboxylic acids is 1. The van der Waals surface area contributed by atoms with Crippen molar-refractivity contribution in [1.82, 2.24) is 9.88 Å². The van der Waals surface area contributed by atoms with Crippen LogP contribution in [0.5, 0.6) is 0 Å². The highest BCUT2D eigenvalue weighted by Gasteiger charge is 2.34. The van der Waals surface area contributed by atoms with Crippen molar-refractivity contribution in [2.75, 3.05) is 13.6 Å². The molecule has 0 bridgehead atoms. The van der Waals surface area contributed by atoms with Crippen molar-refractivity contribution in [3.8, 4) is 0 Å². The summed E-state index contributed by atoms with van der Waals surface area (Å²) in [6.45, 7) is 4.55. The van der Waals surface area contributed by atoms with E-state index >= 15 is 0 Å². The Bertz CT molecular complexity index is 748. The SMILES string of the molecule is CC(C)c1cc(C(=O)N(C)CC2(O)CCCC2)c2ccccc2n1. The topological polar surface area (TPSA) is 53.4 Å². The molecule has 0 atom stereocenters. The number of hydrogen-bond donors (Lipinski definition) is 1. The van der Waals surface area contributed by atoms with Gasteiger partial charge < -0.3 is 10.0 Å². The number of nitrogens with zero attached hydrogens (tertiary/aromatic N) is 2. The molecule has 128 valence electrons. The highest BCUT2D eigenvalue weighted by molar-refractivity contribution is 6.06. The lowest BCUT2D eigenvalue weighted by molar-refractivity contribution is 0.0157. The van der Waals surface area contributed by atoms with Gasteiger partial charge in [0.25, 0.3) is 5.91 Å². The maximum atomic E-state index is 13.1. The first-order valence-electron chi connectivity index (χ1n) is 8.77. The summed E-state index contributed by atoms with van der Waals surface area (Å²) in [5.41, 5.74) is 1.71. The molecule has 24 heavy (non-hydrogen) atoms. The van der Waals surface area contributed by atoms with Crippen molar-refractivity contribution in [1.29, 1.82) is 0 Å². The number of carbonyl (C=O) groups is 1. The molecule has 0 unspecified atom stereocenters. The Kier molecular flexibility index (Phi) is 4.59. The molecule has 0 aliphatic heterocycles. The van der Waals surface area contributed by atoms with Crippen LogP contribution >= 0.6 is 0 Å². The van der Waals surface area contributed by atoms with Crippen LogP contribution in [0.3, 0.4) is 0 Å². The van der Waals surface area contributed by atoms with Gasteiger partial charge in [-0.3, -0.25) is 9.78 Å². The molecule has 1 saturated carbocycles. The molecule has 1 amide bonds. The highest BCUT2D eigenvalue weighted by Crippen LogP contribution is 2.31. The van der Waals surface area contributed by atoms with Crippen molar-refractivity contribution in [2.45, 2.75) is 51.0 Å². The van der Waals surface area contributed by atoms with E-state index in [1.54, 1.807) is 11.9 Å². The summed E-state index contributed by atoms with van der Waals surface area (Å²) in [6, 6.07) is 9.67. The fourth-order valence-electron chi connectivity index (χ4n) is 3.58. The Morgan fingerprint density at radius 3 is 2.62 bits per heavy atom. The minimum atomic E-state index is -0.728. The highest BCUT2D eigenvalue weighted by atomic mass is 16.3. The molecule has 3 rings (SSSR count). The molecule has 1 aromatic heterocycles. The van der Waals surface area contributed by atoms with Crippen molar-refractivity contribution in [3.05, 3.63) is 41.6 Å². The summed E-state index contributed by atoms with van der Waals surface area (Å²) in [4.78, 5) is 19.4. The van der Waals surface area contributed by atoms with E-state index < -0.39 is 5.60 Å². The molecule has 1 aromatic carbocycles. The van der Waals surface area contributed by atoms with E-state index in [0.29, 0.717) is 12.1 Å². The number of benzene rings is 1. The zero-order valence-corrected chi connectivity index (χ0v) is 14.7. The molecule has 0 saturated heterocycles. The van der Waals surface area contributed by atoms with Crippen LogP contribution in [-0.2, 0) is 0 Å². The summed E-state index contributed by atoms with van der Waals surface area (Å²) in [5, 5.41) is 11.5. The van der Waals surface area contributed by atoms with Gasteiger partial charge in [0.2, 0.25) is 0 Å². The van der Waals surface area contributed by atoms with Crippen LogP contribution in [0.1, 0.15) is 61.5 Å². The second kappa shape index (κ2) is 6.52. The molecule has 1 N–H and O–H groups in total. The van der Waals surface area contributed by atoms with Gasteiger partial charge >= 0.3 is 0 Å². The molecule has 1 heterocycles. The maximum absolute atomic E-state index is 13.1. The second-order valence-corrected chi connectivity index (χ2v) is 7.36. The smallest absolute Gasteiger partial charge is 0.254 e. The van der Waals surface area contributed by atoms with E-state index in [1.807, 2.05) is 30.3 Å². The number of amides is 1. The average molecular weight is 326 g/mol. The molecule has 0 spiro atoms. The van der Waals surface area contributed by atoms with Gasteiger partial charge in [-0.25, -0.2) is 0 Å². The van der Waals surface area contributed by atoms with Gasteiger partial charge in [0, 0.05) is 24.7 Å². The summed E-state index contributed by atoms with van der Waals surface area (Å²) < 4.78 is 0. The minimum Gasteiger partial charge on any atom is -0.388 e. The molecule has 4 heteroatoms. The Morgan fingerprint density at radius 2 is 1.96 bits per heavy atom. The normalized spacial score (nSPS) is 16.7. The number of fused-ring (bicyclic) bond motifs is 1. The zero-order chi connectivity index (χ0) is 17.3. The lowest BCUT2D eigenvalue weighted by Crippen LogP contribution is -2.42. The maximum Gasteiger partial charge on any atom is 0.254 e. The number of pyridine rings is 1. The predicted octanol–water partition coefficient (Wildman–Crippen LogP) is 3.74. The Labute approximate surface area is 143 Å². The first-order valence-corrected chi connectivity index (χ1v) is 8.77. The van der Waals surface area contributed by atoms with Gasteiger partial charge in [0.1, 0.15) is 0 Å². The molecular formula is C20H26N2O2. The van der Waals surface area contributed by atoms with Gasteiger partial charge in [-0.05, 0) is 30.9 Å².